The number of benzene rings is 3. The molecule has 0 atom stereocenters. The molecule has 0 aliphatic heterocycles. The maximum absolute atomic E-state index is 12.2. The van der Waals surface area contributed by atoms with Crippen LogP contribution in [0.15, 0.2) is 84.9 Å². The highest BCUT2D eigenvalue weighted by Crippen LogP contribution is 2.15. The van der Waals surface area contributed by atoms with E-state index in [-0.39, 0.29) is 17.9 Å². The zero-order chi connectivity index (χ0) is 21.2. The molecule has 3 aromatic carbocycles. The van der Waals surface area contributed by atoms with E-state index < -0.39 is 24.3 Å². The van der Waals surface area contributed by atoms with Crippen molar-refractivity contribution in [3.63, 3.8) is 0 Å². The minimum absolute atomic E-state index is 0.144. The molecule has 1 N–H and O–H groups in total. The molecule has 30 heavy (non-hydrogen) atoms. The fourth-order valence-electron chi connectivity index (χ4n) is 2.65. The number of ether oxygens (including phenoxy) is 2. The average molecular weight is 403 g/mol. The van der Waals surface area contributed by atoms with Gasteiger partial charge >= 0.3 is 11.9 Å². The van der Waals surface area contributed by atoms with Crippen LogP contribution in [0.4, 0.5) is 0 Å². The van der Waals surface area contributed by atoms with Crippen LogP contribution in [0, 0.1) is 0 Å². The number of hydrogen-bond donors (Lipinski definition) is 1. The first-order valence-corrected chi connectivity index (χ1v) is 9.42. The molecule has 0 aromatic heterocycles. The molecule has 0 unspecified atom stereocenters. The molecule has 3 aromatic rings. The van der Waals surface area contributed by atoms with Gasteiger partial charge in [-0.25, -0.2) is 4.79 Å². The lowest BCUT2D eigenvalue weighted by Crippen LogP contribution is -2.27. The SMILES string of the molecule is O=C(CC(=O)Oc1cccc(C(=O)OCc2ccccc2)c1)NCc1ccccc1. The van der Waals surface area contributed by atoms with Crippen LogP contribution in [0.5, 0.6) is 5.75 Å². The summed E-state index contributed by atoms with van der Waals surface area (Å²) in [7, 11) is 0. The fraction of sp³-hybridized carbons (Fsp3) is 0.125. The minimum atomic E-state index is -0.713. The second-order valence-corrected chi connectivity index (χ2v) is 6.50. The standard InChI is InChI=1S/C24H21NO5/c26-22(25-16-18-8-3-1-4-9-18)15-23(27)30-21-13-7-12-20(14-21)24(28)29-17-19-10-5-2-6-11-19/h1-14H,15-17H2,(H,25,26). The van der Waals surface area contributed by atoms with Crippen LogP contribution in [-0.2, 0) is 27.5 Å². The third-order valence-electron chi connectivity index (χ3n) is 4.15. The van der Waals surface area contributed by atoms with E-state index in [1.54, 1.807) is 12.1 Å². The van der Waals surface area contributed by atoms with E-state index in [1.807, 2.05) is 60.7 Å². The lowest BCUT2D eigenvalue weighted by Gasteiger charge is -2.08. The van der Waals surface area contributed by atoms with Gasteiger partial charge in [-0.2, -0.15) is 0 Å². The smallest absolute Gasteiger partial charge is 0.338 e. The molecule has 0 bridgehead atoms. The van der Waals surface area contributed by atoms with Gasteiger partial charge in [-0.05, 0) is 29.3 Å². The number of hydrogen-bond acceptors (Lipinski definition) is 5. The molecule has 0 saturated heterocycles. The van der Waals surface area contributed by atoms with Crippen molar-refractivity contribution in [3.8, 4) is 5.75 Å². The Balaban J connectivity index is 1.48. The van der Waals surface area contributed by atoms with Gasteiger partial charge in [0.25, 0.3) is 0 Å². The summed E-state index contributed by atoms with van der Waals surface area (Å²) in [6.07, 6.45) is -0.421. The van der Waals surface area contributed by atoms with E-state index in [2.05, 4.69) is 5.32 Å². The number of carbonyl (C=O) groups is 3. The highest BCUT2D eigenvalue weighted by molar-refractivity contribution is 5.95. The average Bonchev–Trinajstić information content (AvgIpc) is 2.77. The second-order valence-electron chi connectivity index (χ2n) is 6.50. The second kappa shape index (κ2) is 10.6. The highest BCUT2D eigenvalue weighted by Gasteiger charge is 2.14. The predicted octanol–water partition coefficient (Wildman–Crippen LogP) is 3.66. The summed E-state index contributed by atoms with van der Waals surface area (Å²) in [6.45, 7) is 0.473. The Hall–Kier alpha value is -3.93. The Morgan fingerprint density at radius 3 is 2.13 bits per heavy atom. The van der Waals surface area contributed by atoms with Crippen LogP contribution in [0.2, 0.25) is 0 Å². The molecular formula is C24H21NO5. The quantitative estimate of drug-likeness (QED) is 0.353. The van der Waals surface area contributed by atoms with E-state index >= 15 is 0 Å². The molecule has 0 aliphatic carbocycles. The fourth-order valence-corrected chi connectivity index (χ4v) is 2.65. The van der Waals surface area contributed by atoms with Crippen molar-refractivity contribution < 1.29 is 23.9 Å². The zero-order valence-electron chi connectivity index (χ0n) is 16.2. The maximum atomic E-state index is 12.2. The largest absolute Gasteiger partial charge is 0.457 e. The molecule has 0 heterocycles. The summed E-state index contributed by atoms with van der Waals surface area (Å²) in [5, 5.41) is 2.66. The van der Waals surface area contributed by atoms with Crippen molar-refractivity contribution in [1.82, 2.24) is 5.32 Å². The number of amides is 1. The summed E-state index contributed by atoms with van der Waals surface area (Å²) >= 11 is 0. The number of carbonyl (C=O) groups excluding carboxylic acids is 3. The zero-order valence-corrected chi connectivity index (χ0v) is 16.2. The van der Waals surface area contributed by atoms with Crippen molar-refractivity contribution in [2.45, 2.75) is 19.6 Å². The maximum Gasteiger partial charge on any atom is 0.338 e. The van der Waals surface area contributed by atoms with E-state index in [1.165, 1.54) is 12.1 Å². The van der Waals surface area contributed by atoms with Crippen LogP contribution in [-0.4, -0.2) is 17.8 Å². The molecular weight excluding hydrogens is 382 g/mol. The van der Waals surface area contributed by atoms with E-state index in [0.29, 0.717) is 6.54 Å². The Morgan fingerprint density at radius 2 is 1.43 bits per heavy atom. The summed E-state index contributed by atoms with van der Waals surface area (Å²) in [5.74, 6) is -1.51. The predicted molar refractivity (Wildman–Crippen MR) is 111 cm³/mol. The van der Waals surface area contributed by atoms with Gasteiger partial charge in [-0.3, -0.25) is 9.59 Å². The van der Waals surface area contributed by atoms with Gasteiger partial charge in [-0.15, -0.1) is 0 Å². The van der Waals surface area contributed by atoms with Crippen molar-refractivity contribution >= 4 is 17.8 Å². The number of rotatable bonds is 8. The molecule has 0 aliphatic rings. The van der Waals surface area contributed by atoms with Crippen molar-refractivity contribution in [2.75, 3.05) is 0 Å². The first-order valence-electron chi connectivity index (χ1n) is 9.42. The van der Waals surface area contributed by atoms with E-state index in [0.717, 1.165) is 11.1 Å². The van der Waals surface area contributed by atoms with Crippen LogP contribution in [0.25, 0.3) is 0 Å². The normalized spacial score (nSPS) is 10.1. The highest BCUT2D eigenvalue weighted by atomic mass is 16.5. The molecule has 1 amide bonds. The Morgan fingerprint density at radius 1 is 0.767 bits per heavy atom. The van der Waals surface area contributed by atoms with Crippen LogP contribution in [0.1, 0.15) is 27.9 Å². The summed E-state index contributed by atoms with van der Waals surface area (Å²) < 4.78 is 10.5. The first kappa shape index (κ1) is 20.8. The molecule has 0 fully saturated rings. The monoisotopic (exact) mass is 403 g/mol. The van der Waals surface area contributed by atoms with Crippen LogP contribution >= 0.6 is 0 Å². The van der Waals surface area contributed by atoms with Gasteiger partial charge < -0.3 is 14.8 Å². The molecule has 6 nitrogen and oxygen atoms in total. The van der Waals surface area contributed by atoms with Crippen molar-refractivity contribution in [1.29, 1.82) is 0 Å². The lowest BCUT2D eigenvalue weighted by atomic mass is 10.2. The van der Waals surface area contributed by atoms with Crippen molar-refractivity contribution in [2.24, 2.45) is 0 Å². The molecule has 0 radical (unpaired) electrons. The summed E-state index contributed by atoms with van der Waals surface area (Å²) in [4.78, 5) is 36.2. The topological polar surface area (TPSA) is 81.7 Å². The third kappa shape index (κ3) is 6.60. The van der Waals surface area contributed by atoms with Crippen LogP contribution < -0.4 is 10.1 Å². The first-order chi connectivity index (χ1) is 14.6. The summed E-state index contributed by atoms with van der Waals surface area (Å²) in [5.41, 5.74) is 2.06. The van der Waals surface area contributed by atoms with E-state index in [9.17, 15) is 14.4 Å². The number of nitrogens with one attached hydrogen (secondary N) is 1. The van der Waals surface area contributed by atoms with Gasteiger partial charge in [0.2, 0.25) is 5.91 Å². The summed E-state index contributed by atoms with van der Waals surface area (Å²) in [6, 6.07) is 24.8. The van der Waals surface area contributed by atoms with Gasteiger partial charge in [-0.1, -0.05) is 66.7 Å². The molecule has 0 saturated carbocycles. The van der Waals surface area contributed by atoms with Crippen LogP contribution in [0.3, 0.4) is 0 Å². The van der Waals surface area contributed by atoms with Crippen molar-refractivity contribution in [3.05, 3.63) is 102 Å². The van der Waals surface area contributed by atoms with Gasteiger partial charge in [0.15, 0.2) is 0 Å². The minimum Gasteiger partial charge on any atom is -0.457 e. The molecule has 6 heteroatoms. The third-order valence-corrected chi connectivity index (χ3v) is 4.15. The molecule has 0 spiro atoms. The van der Waals surface area contributed by atoms with Gasteiger partial charge in [0.1, 0.15) is 18.8 Å². The van der Waals surface area contributed by atoms with E-state index in [4.69, 9.17) is 9.47 Å². The Bertz CT molecular complexity index is 1000. The Kier molecular flexibility index (Phi) is 7.33. The van der Waals surface area contributed by atoms with Gasteiger partial charge in [0, 0.05) is 6.54 Å². The molecule has 152 valence electrons. The van der Waals surface area contributed by atoms with Gasteiger partial charge in [0.05, 0.1) is 5.56 Å². The number of esters is 2. The lowest BCUT2D eigenvalue weighted by molar-refractivity contribution is -0.138. The Labute approximate surface area is 174 Å². The molecule has 3 rings (SSSR count).